The molecular weight excluding hydrogens is 978 g/mol. The van der Waals surface area contributed by atoms with Crippen molar-refractivity contribution in [2.45, 2.75) is 187 Å². The molecule has 3 nitrogen and oxygen atoms in total. The Morgan fingerprint density at radius 3 is 1.21 bits per heavy atom. The van der Waals surface area contributed by atoms with Crippen molar-refractivity contribution < 1.29 is 0 Å². The lowest BCUT2D eigenvalue weighted by atomic mass is 9.32. The van der Waals surface area contributed by atoms with E-state index in [1.807, 2.05) is 0 Å². The van der Waals surface area contributed by atoms with E-state index in [-0.39, 0.29) is 44.6 Å². The molecule has 0 saturated heterocycles. The van der Waals surface area contributed by atoms with Gasteiger partial charge >= 0.3 is 0 Å². The van der Waals surface area contributed by atoms with Crippen molar-refractivity contribution in [3.05, 3.63) is 201 Å². The van der Waals surface area contributed by atoms with Crippen LogP contribution in [0.1, 0.15) is 191 Å². The van der Waals surface area contributed by atoms with Crippen molar-refractivity contribution in [2.24, 2.45) is 0 Å². The van der Waals surface area contributed by atoms with Crippen LogP contribution in [0.2, 0.25) is 0 Å². The number of anilines is 9. The Balaban J connectivity index is 1.16. The largest absolute Gasteiger partial charge is 0.311 e. The first-order valence-electron chi connectivity index (χ1n) is 30.7. The van der Waals surface area contributed by atoms with Gasteiger partial charge in [0.1, 0.15) is 0 Å². The van der Waals surface area contributed by atoms with Gasteiger partial charge in [-0.3, -0.25) is 0 Å². The number of aryl methyl sites for hydroxylation is 2. The normalized spacial score (nSPS) is 19.9. The van der Waals surface area contributed by atoms with Gasteiger partial charge in [-0.2, -0.15) is 0 Å². The number of nitrogens with zero attached hydrogens (tertiary/aromatic N) is 3. The zero-order chi connectivity index (χ0) is 56.9. The first kappa shape index (κ1) is 52.3. The summed E-state index contributed by atoms with van der Waals surface area (Å²) in [7, 11) is 0. The molecule has 6 aliphatic rings. The first-order valence-corrected chi connectivity index (χ1v) is 30.7. The molecule has 81 heavy (non-hydrogen) atoms. The Hall–Kier alpha value is -6.78. The van der Waals surface area contributed by atoms with Crippen molar-refractivity contribution in [3.63, 3.8) is 0 Å². The fraction of sp³-hybridized carbons (Fsp3) is 0.377. The maximum atomic E-state index is 2.76. The molecule has 0 amide bonds. The number of fused-ring (bicyclic) bond motifs is 10. The van der Waals surface area contributed by atoms with Crippen LogP contribution in [0.25, 0.3) is 11.1 Å². The van der Waals surface area contributed by atoms with Gasteiger partial charge in [-0.1, -0.05) is 182 Å². The molecule has 410 valence electrons. The van der Waals surface area contributed by atoms with E-state index in [1.54, 1.807) is 0 Å². The molecule has 0 aromatic heterocycles. The van der Waals surface area contributed by atoms with Crippen molar-refractivity contribution in [1.82, 2.24) is 0 Å². The topological polar surface area (TPSA) is 9.72 Å². The lowest BCUT2D eigenvalue weighted by Crippen LogP contribution is -2.62. The third-order valence-corrected chi connectivity index (χ3v) is 21.9. The molecule has 8 aromatic carbocycles. The molecule has 0 bridgehead atoms. The van der Waals surface area contributed by atoms with Crippen molar-refractivity contribution in [3.8, 4) is 11.1 Å². The summed E-state index contributed by atoms with van der Waals surface area (Å²) in [6, 6.07) is 58.4. The van der Waals surface area contributed by atoms with Gasteiger partial charge in [-0.05, 0) is 229 Å². The number of hydrogen-bond donors (Lipinski definition) is 0. The molecule has 0 unspecified atom stereocenters. The second-order valence-corrected chi connectivity index (χ2v) is 30.3. The summed E-state index contributed by atoms with van der Waals surface area (Å²) in [5, 5.41) is 0. The Morgan fingerprint density at radius 1 is 0.346 bits per heavy atom. The maximum absolute atomic E-state index is 2.76. The Labute approximate surface area is 485 Å². The molecule has 0 spiro atoms. The van der Waals surface area contributed by atoms with E-state index in [4.69, 9.17) is 0 Å². The van der Waals surface area contributed by atoms with E-state index in [2.05, 4.69) is 271 Å². The minimum absolute atomic E-state index is 0.00236. The van der Waals surface area contributed by atoms with Crippen LogP contribution in [-0.4, -0.2) is 6.71 Å². The number of rotatable bonds is 5. The van der Waals surface area contributed by atoms with Gasteiger partial charge < -0.3 is 14.7 Å². The summed E-state index contributed by atoms with van der Waals surface area (Å²) in [6.45, 7) is 39.4. The quantitative estimate of drug-likeness (QED) is 0.159. The summed E-state index contributed by atoms with van der Waals surface area (Å²) in [4.78, 5) is 8.08. The van der Waals surface area contributed by atoms with Gasteiger partial charge in [0.15, 0.2) is 0 Å². The molecule has 0 radical (unpaired) electrons. The molecule has 4 heteroatoms. The Morgan fingerprint density at radius 2 is 0.728 bits per heavy atom. The lowest BCUT2D eigenvalue weighted by molar-refractivity contribution is 0.332. The SMILES string of the molecule is Cc1ccccc1N(c1cc2c3c(c1)N(c1ccc4c(c1)C(C)(C)c1ccccc1-4)c1cc4c(cc1B3c1cc3c(cc1N2c1ccc2c(c1)C(C)(C)CCC2(C)C)C(C)(C)CCC3(C)C)C(C)(C)CCC4(C)C)c1ccccc1C. The van der Waals surface area contributed by atoms with Crippen molar-refractivity contribution in [2.75, 3.05) is 14.7 Å². The van der Waals surface area contributed by atoms with Crippen LogP contribution in [-0.2, 0) is 37.9 Å². The van der Waals surface area contributed by atoms with Crippen LogP contribution in [0, 0.1) is 13.8 Å². The summed E-state index contributed by atoms with van der Waals surface area (Å²) in [6.07, 6.45) is 6.96. The summed E-state index contributed by atoms with van der Waals surface area (Å²) in [5.74, 6) is 0. The standard InChI is InChI=1S/C77H84BN3/c1-47-23-17-21-27-64(47)81(65-28-22-18-24-48(65)2)51-41-68-70-69(42-51)80(50-30-32-55-57(40-50)72(5,6)34-33-71(55,3)4)67-46-61-59(74(9,10)36-38-76(61,13)14)44-63(67)78(70)62-43-58-60(75(11,12)37-35-73(58,7)8)45-66(62)79(68)49-29-31-53-52-25-19-20-26-54(52)77(15,16)56(53)39-49/h17-32,39-46H,33-38H2,1-16H3. The Bertz CT molecular complexity index is 3940. The van der Waals surface area contributed by atoms with E-state index in [9.17, 15) is 0 Å². The number of hydrogen-bond acceptors (Lipinski definition) is 3. The van der Waals surface area contributed by atoms with E-state index in [0.29, 0.717) is 0 Å². The first-order chi connectivity index (χ1) is 38.2. The molecule has 0 saturated carbocycles. The maximum Gasteiger partial charge on any atom is 0.252 e. The van der Waals surface area contributed by atoms with E-state index in [0.717, 1.165) is 37.8 Å². The van der Waals surface area contributed by atoms with Gasteiger partial charge in [-0.25, -0.2) is 0 Å². The zero-order valence-corrected chi connectivity index (χ0v) is 51.5. The predicted octanol–water partition coefficient (Wildman–Crippen LogP) is 19.2. The molecule has 8 aromatic rings. The molecule has 0 atom stereocenters. The van der Waals surface area contributed by atoms with E-state index in [1.165, 1.54) is 135 Å². The number of para-hydroxylation sites is 2. The highest BCUT2D eigenvalue weighted by molar-refractivity contribution is 7.00. The molecule has 0 N–H and O–H groups in total. The summed E-state index contributed by atoms with van der Waals surface area (Å²) in [5.41, 5.74) is 32.2. The zero-order valence-electron chi connectivity index (χ0n) is 51.5. The lowest BCUT2D eigenvalue weighted by Gasteiger charge is -2.49. The Kier molecular flexibility index (Phi) is 11.1. The highest BCUT2D eigenvalue weighted by Crippen LogP contribution is 2.57. The second kappa shape index (κ2) is 17.2. The van der Waals surface area contributed by atoms with Crippen LogP contribution < -0.4 is 31.1 Å². The predicted molar refractivity (Wildman–Crippen MR) is 348 cm³/mol. The van der Waals surface area contributed by atoms with Gasteiger partial charge in [0, 0.05) is 50.9 Å². The van der Waals surface area contributed by atoms with Crippen LogP contribution in [0.4, 0.5) is 51.2 Å². The van der Waals surface area contributed by atoms with E-state index < -0.39 is 0 Å². The third kappa shape index (κ3) is 7.59. The molecule has 2 heterocycles. The van der Waals surface area contributed by atoms with E-state index >= 15 is 0 Å². The fourth-order valence-corrected chi connectivity index (χ4v) is 16.4. The van der Waals surface area contributed by atoms with Crippen molar-refractivity contribution in [1.29, 1.82) is 0 Å². The van der Waals surface area contributed by atoms with Gasteiger partial charge in [0.05, 0.1) is 5.69 Å². The molecule has 2 aliphatic heterocycles. The van der Waals surface area contributed by atoms with Crippen molar-refractivity contribution >= 4 is 74.3 Å². The smallest absolute Gasteiger partial charge is 0.252 e. The monoisotopic (exact) mass is 1060 g/mol. The molecule has 14 rings (SSSR count). The summed E-state index contributed by atoms with van der Waals surface area (Å²) < 4.78 is 0. The van der Waals surface area contributed by atoms with Crippen LogP contribution in [0.15, 0.2) is 146 Å². The molecular formula is C77H84BN3. The average molecular weight is 1060 g/mol. The van der Waals surface area contributed by atoms with Crippen LogP contribution in [0.3, 0.4) is 0 Å². The fourth-order valence-electron chi connectivity index (χ4n) is 16.4. The average Bonchev–Trinajstić information content (AvgIpc) is 3.30. The van der Waals surface area contributed by atoms with Crippen LogP contribution >= 0.6 is 0 Å². The van der Waals surface area contributed by atoms with Gasteiger partial charge in [0.2, 0.25) is 0 Å². The molecule has 4 aliphatic carbocycles. The minimum atomic E-state index is -0.178. The summed E-state index contributed by atoms with van der Waals surface area (Å²) >= 11 is 0. The highest BCUT2D eigenvalue weighted by Gasteiger charge is 2.50. The molecule has 0 fully saturated rings. The minimum Gasteiger partial charge on any atom is -0.311 e. The van der Waals surface area contributed by atoms with Gasteiger partial charge in [-0.15, -0.1) is 0 Å². The highest BCUT2D eigenvalue weighted by atomic mass is 15.2. The van der Waals surface area contributed by atoms with Crippen LogP contribution in [0.5, 0.6) is 0 Å². The third-order valence-electron chi connectivity index (χ3n) is 21.9. The second-order valence-electron chi connectivity index (χ2n) is 30.3. The van der Waals surface area contributed by atoms with Gasteiger partial charge in [0.25, 0.3) is 6.71 Å². The number of benzene rings is 8.